The van der Waals surface area contributed by atoms with E-state index in [4.69, 9.17) is 19.3 Å². The van der Waals surface area contributed by atoms with Crippen LogP contribution < -0.4 is 19.6 Å². The van der Waals surface area contributed by atoms with Gasteiger partial charge in [0.2, 0.25) is 5.91 Å². The highest BCUT2D eigenvalue weighted by atomic mass is 32.2. The van der Waals surface area contributed by atoms with Gasteiger partial charge in [-0.15, -0.1) is 11.8 Å². The maximum absolute atomic E-state index is 12.0. The number of carbonyl (C=O) groups excluding carboxylic acids is 1. The lowest BCUT2D eigenvalue weighted by atomic mass is 10.2. The summed E-state index contributed by atoms with van der Waals surface area (Å²) in [6.07, 6.45) is 0.302. The third-order valence-electron chi connectivity index (χ3n) is 3.69. The number of nitrogens with zero attached hydrogens (tertiary/aromatic N) is 1. The number of hydrazone groups is 1. The van der Waals surface area contributed by atoms with Crippen LogP contribution >= 0.6 is 11.8 Å². The van der Waals surface area contributed by atoms with E-state index < -0.39 is 12.1 Å². The van der Waals surface area contributed by atoms with Gasteiger partial charge in [-0.3, -0.25) is 4.79 Å². The van der Waals surface area contributed by atoms with E-state index in [1.165, 1.54) is 32.0 Å². The van der Waals surface area contributed by atoms with Crippen molar-refractivity contribution in [2.75, 3.05) is 20.0 Å². The minimum absolute atomic E-state index is 0.182. The highest BCUT2D eigenvalue weighted by Gasteiger charge is 2.18. The van der Waals surface area contributed by atoms with Crippen LogP contribution in [0.3, 0.4) is 0 Å². The first-order valence-corrected chi connectivity index (χ1v) is 9.58. The molecule has 2 aromatic rings. The van der Waals surface area contributed by atoms with Crippen LogP contribution in [0.25, 0.3) is 0 Å². The summed E-state index contributed by atoms with van der Waals surface area (Å²) in [5.41, 5.74) is 2.91. The van der Waals surface area contributed by atoms with Gasteiger partial charge >= 0.3 is 5.97 Å². The van der Waals surface area contributed by atoms with E-state index in [1.54, 1.807) is 25.3 Å². The molecule has 9 heteroatoms. The molecule has 1 amide bonds. The number of hydrogen-bond acceptors (Lipinski definition) is 7. The highest BCUT2D eigenvalue weighted by molar-refractivity contribution is 8.00. The minimum Gasteiger partial charge on any atom is -0.497 e. The summed E-state index contributed by atoms with van der Waals surface area (Å²) in [4.78, 5) is 24.0. The molecule has 8 nitrogen and oxygen atoms in total. The molecule has 0 aliphatic rings. The molecule has 0 heterocycles. The van der Waals surface area contributed by atoms with Gasteiger partial charge in [0.15, 0.2) is 17.6 Å². The Balaban J connectivity index is 1.97. The van der Waals surface area contributed by atoms with Crippen LogP contribution in [0.2, 0.25) is 0 Å². The van der Waals surface area contributed by atoms with E-state index in [0.717, 1.165) is 10.6 Å². The number of nitrogens with one attached hydrogen (secondary N) is 1. The Morgan fingerprint density at radius 1 is 1.17 bits per heavy atom. The standard InChI is InChI=1S/C20H22N2O6S/c1-13(20(24)25)28-19-14(5-4-6-17(19)27-3)11-21-22-18(23)12-29-16-9-7-15(26-2)8-10-16/h4-11,13H,12H2,1-3H3,(H,22,23)(H,24,25)/b21-11+/t13-/m0/s1. The molecule has 29 heavy (non-hydrogen) atoms. The first-order chi connectivity index (χ1) is 13.9. The Kier molecular flexibility index (Phi) is 8.35. The highest BCUT2D eigenvalue weighted by Crippen LogP contribution is 2.31. The van der Waals surface area contributed by atoms with Crippen molar-refractivity contribution < 1.29 is 28.9 Å². The summed E-state index contributed by atoms with van der Waals surface area (Å²) < 4.78 is 15.8. The third kappa shape index (κ3) is 6.72. The van der Waals surface area contributed by atoms with Gasteiger partial charge in [0.05, 0.1) is 26.2 Å². The van der Waals surface area contributed by atoms with Crippen LogP contribution in [0.5, 0.6) is 17.2 Å². The SMILES string of the molecule is COc1ccc(SCC(=O)N/N=C/c2cccc(OC)c2O[C@@H](C)C(=O)O)cc1. The van der Waals surface area contributed by atoms with E-state index in [1.807, 2.05) is 24.3 Å². The molecule has 0 aliphatic heterocycles. The predicted octanol–water partition coefficient (Wildman–Crippen LogP) is 2.80. The molecule has 2 N–H and O–H groups in total. The molecular weight excluding hydrogens is 396 g/mol. The van der Waals surface area contributed by atoms with Crippen LogP contribution in [-0.2, 0) is 9.59 Å². The first-order valence-electron chi connectivity index (χ1n) is 8.59. The maximum Gasteiger partial charge on any atom is 0.344 e. The Morgan fingerprint density at radius 3 is 2.52 bits per heavy atom. The van der Waals surface area contributed by atoms with Gasteiger partial charge in [-0.05, 0) is 43.3 Å². The number of carboxylic acids is 1. The molecular formula is C20H22N2O6S. The lowest BCUT2D eigenvalue weighted by Crippen LogP contribution is -2.24. The number of carbonyl (C=O) groups is 2. The van der Waals surface area contributed by atoms with Crippen molar-refractivity contribution in [3.8, 4) is 17.2 Å². The van der Waals surface area contributed by atoms with E-state index in [2.05, 4.69) is 10.5 Å². The summed E-state index contributed by atoms with van der Waals surface area (Å²) in [6, 6.07) is 12.4. The number of amides is 1. The van der Waals surface area contributed by atoms with Gasteiger partial charge in [-0.25, -0.2) is 10.2 Å². The number of para-hydroxylation sites is 1. The average molecular weight is 418 g/mol. The van der Waals surface area contributed by atoms with Crippen LogP contribution in [0, 0.1) is 0 Å². The smallest absolute Gasteiger partial charge is 0.344 e. The summed E-state index contributed by atoms with van der Waals surface area (Å²) >= 11 is 1.36. The van der Waals surface area contributed by atoms with Gasteiger partial charge in [-0.1, -0.05) is 6.07 Å². The quantitative estimate of drug-likeness (QED) is 0.347. The monoisotopic (exact) mass is 418 g/mol. The molecule has 2 aromatic carbocycles. The van der Waals surface area contributed by atoms with Crippen molar-refractivity contribution in [3.05, 3.63) is 48.0 Å². The van der Waals surface area contributed by atoms with E-state index in [-0.39, 0.29) is 17.4 Å². The van der Waals surface area contributed by atoms with Crippen LogP contribution in [0.15, 0.2) is 52.5 Å². The molecule has 1 atom stereocenters. The Bertz CT molecular complexity index is 870. The number of carboxylic acid groups (broad SMARTS) is 1. The summed E-state index contributed by atoms with van der Waals surface area (Å²) in [5.74, 6) is 0.131. The van der Waals surface area contributed by atoms with Crippen molar-refractivity contribution in [2.45, 2.75) is 17.9 Å². The fourth-order valence-electron chi connectivity index (χ4n) is 2.18. The molecule has 0 aromatic heterocycles. The lowest BCUT2D eigenvalue weighted by molar-refractivity contribution is -0.144. The molecule has 0 radical (unpaired) electrons. The number of benzene rings is 2. The summed E-state index contributed by atoms with van der Waals surface area (Å²) in [5, 5.41) is 13.0. The number of aliphatic carboxylic acids is 1. The lowest BCUT2D eigenvalue weighted by Gasteiger charge is -2.15. The molecule has 154 valence electrons. The van der Waals surface area contributed by atoms with Crippen molar-refractivity contribution >= 4 is 29.9 Å². The molecule has 0 bridgehead atoms. The molecule has 0 fully saturated rings. The number of hydrogen-bond donors (Lipinski definition) is 2. The zero-order chi connectivity index (χ0) is 21.2. The minimum atomic E-state index is -1.11. The topological polar surface area (TPSA) is 106 Å². The number of rotatable bonds is 10. The van der Waals surface area contributed by atoms with E-state index in [9.17, 15) is 9.59 Å². The number of ether oxygens (including phenoxy) is 3. The van der Waals surface area contributed by atoms with Crippen LogP contribution in [0.1, 0.15) is 12.5 Å². The van der Waals surface area contributed by atoms with Gasteiger partial charge in [0, 0.05) is 10.5 Å². The van der Waals surface area contributed by atoms with E-state index >= 15 is 0 Å². The van der Waals surface area contributed by atoms with Gasteiger partial charge in [-0.2, -0.15) is 5.10 Å². The maximum atomic E-state index is 12.0. The summed E-state index contributed by atoms with van der Waals surface area (Å²) in [6.45, 7) is 1.41. The fraction of sp³-hybridized carbons (Fsp3) is 0.250. The van der Waals surface area contributed by atoms with Crippen molar-refractivity contribution in [2.24, 2.45) is 5.10 Å². The van der Waals surface area contributed by atoms with E-state index in [0.29, 0.717) is 11.3 Å². The van der Waals surface area contributed by atoms with Crippen molar-refractivity contribution in [1.82, 2.24) is 5.43 Å². The van der Waals surface area contributed by atoms with Crippen LogP contribution in [0.4, 0.5) is 0 Å². The Hall–Kier alpha value is -3.20. The van der Waals surface area contributed by atoms with Gasteiger partial charge < -0.3 is 19.3 Å². The first kappa shape index (κ1) is 22.1. The number of methoxy groups -OCH3 is 2. The molecule has 2 rings (SSSR count). The molecule has 0 unspecified atom stereocenters. The van der Waals surface area contributed by atoms with Crippen LogP contribution in [-0.4, -0.2) is 49.3 Å². The Morgan fingerprint density at radius 2 is 1.90 bits per heavy atom. The Labute approximate surface area is 172 Å². The second kappa shape index (κ2) is 11.0. The molecule has 0 aliphatic carbocycles. The second-order valence-corrected chi connectivity index (χ2v) is 6.78. The zero-order valence-corrected chi connectivity index (χ0v) is 17.1. The third-order valence-corrected chi connectivity index (χ3v) is 4.71. The van der Waals surface area contributed by atoms with Crippen molar-refractivity contribution in [3.63, 3.8) is 0 Å². The number of thioether (sulfide) groups is 1. The molecule has 0 saturated carbocycles. The molecule has 0 saturated heterocycles. The normalized spacial score (nSPS) is 11.7. The fourth-order valence-corrected chi connectivity index (χ4v) is 2.87. The largest absolute Gasteiger partial charge is 0.497 e. The average Bonchev–Trinajstić information content (AvgIpc) is 2.73. The predicted molar refractivity (Wildman–Crippen MR) is 110 cm³/mol. The van der Waals surface area contributed by atoms with Gasteiger partial charge in [0.1, 0.15) is 5.75 Å². The van der Waals surface area contributed by atoms with Crippen molar-refractivity contribution in [1.29, 1.82) is 0 Å². The van der Waals surface area contributed by atoms with Gasteiger partial charge in [0.25, 0.3) is 0 Å². The summed E-state index contributed by atoms with van der Waals surface area (Å²) in [7, 11) is 3.04. The molecule has 0 spiro atoms. The zero-order valence-electron chi connectivity index (χ0n) is 16.2. The second-order valence-electron chi connectivity index (χ2n) is 5.73.